The van der Waals surface area contributed by atoms with Gasteiger partial charge in [0.05, 0.1) is 47.3 Å². The van der Waals surface area contributed by atoms with Crippen LogP contribution in [0.5, 0.6) is 0 Å². The van der Waals surface area contributed by atoms with Crippen LogP contribution in [0.3, 0.4) is 0 Å². The third kappa shape index (κ3) is 6.70. The Hall–Kier alpha value is -3.51. The summed E-state index contributed by atoms with van der Waals surface area (Å²) in [6.07, 6.45) is 2.58. The third-order valence-electron chi connectivity index (χ3n) is 9.80. The summed E-state index contributed by atoms with van der Waals surface area (Å²) >= 11 is 10.3. The van der Waals surface area contributed by atoms with Crippen molar-refractivity contribution in [3.05, 3.63) is 90.0 Å². The Kier molecular flexibility index (Phi) is 11.4. The molecule has 2 aromatic carbocycles. The smallest absolute Gasteiger partial charge is 0.313 e. The van der Waals surface area contributed by atoms with Gasteiger partial charge < -0.3 is 29.7 Å². The van der Waals surface area contributed by atoms with Crippen LogP contribution in [-0.2, 0) is 28.7 Å². The van der Waals surface area contributed by atoms with Crippen LogP contribution in [0, 0.1) is 18.8 Å². The molecular weight excluding hydrogens is 714 g/mol. The highest BCUT2D eigenvalue weighted by Crippen LogP contribution is 2.61. The lowest BCUT2D eigenvalue weighted by Crippen LogP contribution is -2.59. The van der Waals surface area contributed by atoms with Gasteiger partial charge in [0.25, 0.3) is 5.91 Å². The fraction of sp³-hybridized carbons (Fsp3) is 0.459. The maximum Gasteiger partial charge on any atom is 0.313 e. The predicted molar refractivity (Wildman–Crippen MR) is 190 cm³/mol. The molecule has 3 aliphatic heterocycles. The molecule has 0 saturated carbocycles. The average molecular weight is 757 g/mol. The summed E-state index contributed by atoms with van der Waals surface area (Å²) in [5.41, 5.74) is 0.489. The summed E-state index contributed by atoms with van der Waals surface area (Å²) in [6.45, 7) is 12.4. The number of aliphatic hydroxyl groups is 1. The lowest BCUT2D eigenvalue weighted by molar-refractivity contribution is -0.162. The van der Waals surface area contributed by atoms with Gasteiger partial charge in [-0.3, -0.25) is 19.2 Å². The normalized spacial score (nSPS) is 27.2. The quantitative estimate of drug-likeness (QED) is 0.157. The van der Waals surface area contributed by atoms with E-state index in [1.54, 1.807) is 50.3 Å². The second-order valence-electron chi connectivity index (χ2n) is 13.0. The van der Waals surface area contributed by atoms with Crippen molar-refractivity contribution in [3.8, 4) is 0 Å². The molecule has 2 aromatic rings. The van der Waals surface area contributed by atoms with Gasteiger partial charge in [-0.25, -0.2) is 0 Å². The molecular formula is C37H43BrClN3O7. The summed E-state index contributed by atoms with van der Waals surface area (Å²) in [5.74, 6) is -3.95. The minimum absolute atomic E-state index is 0.0952. The van der Waals surface area contributed by atoms with Crippen LogP contribution >= 0.6 is 27.5 Å². The highest BCUT2D eigenvalue weighted by atomic mass is 79.9. The number of nitrogens with one attached hydrogen (secondary N) is 1. The fourth-order valence-electron chi connectivity index (χ4n) is 7.65. The molecule has 9 atom stereocenters. The van der Waals surface area contributed by atoms with Crippen LogP contribution in [0.25, 0.3) is 0 Å². The van der Waals surface area contributed by atoms with Crippen LogP contribution < -0.4 is 10.2 Å². The van der Waals surface area contributed by atoms with Crippen molar-refractivity contribution in [1.82, 2.24) is 10.2 Å². The van der Waals surface area contributed by atoms with Gasteiger partial charge in [0, 0.05) is 17.8 Å². The number of aliphatic hydroxyl groups excluding tert-OH is 1. The van der Waals surface area contributed by atoms with E-state index in [0.717, 1.165) is 5.56 Å². The number of anilines is 1. The topological polar surface area (TPSA) is 125 Å². The maximum absolute atomic E-state index is 14.8. The summed E-state index contributed by atoms with van der Waals surface area (Å²) < 4.78 is 12.9. The molecule has 3 fully saturated rings. The Bertz CT molecular complexity index is 1590. The molecule has 1 spiro atoms. The third-order valence-corrected chi connectivity index (χ3v) is 10.9. The first-order chi connectivity index (χ1) is 23.4. The first-order valence-corrected chi connectivity index (χ1v) is 17.8. The van der Waals surface area contributed by atoms with E-state index in [1.165, 1.54) is 9.80 Å². The van der Waals surface area contributed by atoms with Gasteiger partial charge in [0.2, 0.25) is 11.8 Å². The van der Waals surface area contributed by atoms with E-state index in [0.29, 0.717) is 22.7 Å². The Morgan fingerprint density at radius 1 is 1.18 bits per heavy atom. The minimum atomic E-state index is -1.40. The van der Waals surface area contributed by atoms with Crippen LogP contribution in [-0.4, -0.2) is 81.5 Å². The van der Waals surface area contributed by atoms with E-state index in [4.69, 9.17) is 21.1 Å². The predicted octanol–water partition coefficient (Wildman–Crippen LogP) is 5.05. The number of hydrogen-bond donors (Lipinski definition) is 2. The van der Waals surface area contributed by atoms with E-state index >= 15 is 0 Å². The highest BCUT2D eigenvalue weighted by Gasteiger charge is 2.77. The van der Waals surface area contributed by atoms with Gasteiger partial charge in [-0.05, 0) is 50.8 Å². The largest absolute Gasteiger partial charge is 0.455 e. The van der Waals surface area contributed by atoms with E-state index in [1.807, 2.05) is 31.2 Å². The van der Waals surface area contributed by atoms with Gasteiger partial charge in [-0.15, -0.1) is 13.2 Å². The number of amides is 3. The van der Waals surface area contributed by atoms with Crippen LogP contribution in [0.15, 0.2) is 73.8 Å². The second-order valence-corrected chi connectivity index (χ2v) is 14.6. The lowest BCUT2D eigenvalue weighted by atomic mass is 9.70. The molecule has 0 radical (unpaired) electrons. The molecule has 3 saturated heterocycles. The molecule has 262 valence electrons. The Morgan fingerprint density at radius 3 is 2.53 bits per heavy atom. The van der Waals surface area contributed by atoms with Gasteiger partial charge in [0.15, 0.2) is 0 Å². The summed E-state index contributed by atoms with van der Waals surface area (Å²) in [5, 5.41) is 13.6. The molecule has 3 amide bonds. The number of benzene rings is 2. The standard InChI is InChI=1S/C37H43BrClN3O7/c1-6-8-17-27(44)40-23(5)31(24-14-10-9-11-15-24)48-36(47)28-29-34(45)42(22(4)20-43)33(37(29)19-25(38)32(28)49-37)35(46)41(18-7-2)30-21(3)13-12-16-26(30)39/h6-7,9-16,22-23,25,28-29,31-33,43H,1-2,8,17-20H2,3-5H3,(H,40,44)/t22-,23+,25?,28+,29-,31+,32+,33+,37-/m1/s1. The zero-order valence-corrected chi connectivity index (χ0v) is 30.2. The number of ether oxygens (including phenoxy) is 2. The van der Waals surface area contributed by atoms with Crippen molar-refractivity contribution < 1.29 is 33.8 Å². The van der Waals surface area contributed by atoms with Gasteiger partial charge >= 0.3 is 5.97 Å². The van der Waals surface area contributed by atoms with E-state index in [9.17, 15) is 24.3 Å². The number of carbonyl (C=O) groups is 4. The van der Waals surface area contributed by atoms with Crippen molar-refractivity contribution in [2.24, 2.45) is 11.8 Å². The van der Waals surface area contributed by atoms with E-state index in [-0.39, 0.29) is 30.1 Å². The number of halogens is 2. The molecule has 3 heterocycles. The number of carbonyl (C=O) groups excluding carboxylic acids is 4. The van der Waals surface area contributed by atoms with Crippen molar-refractivity contribution in [1.29, 1.82) is 0 Å². The highest BCUT2D eigenvalue weighted by molar-refractivity contribution is 9.09. The Balaban J connectivity index is 1.53. The number of hydrogen-bond acceptors (Lipinski definition) is 7. The van der Waals surface area contributed by atoms with Gasteiger partial charge in [-0.2, -0.15) is 0 Å². The van der Waals surface area contributed by atoms with Crippen LogP contribution in [0.2, 0.25) is 5.02 Å². The van der Waals surface area contributed by atoms with Crippen LogP contribution in [0.4, 0.5) is 5.69 Å². The molecule has 5 rings (SSSR count). The average Bonchev–Trinajstić information content (AvgIpc) is 3.68. The molecule has 0 aliphatic carbocycles. The van der Waals surface area contributed by atoms with Crippen molar-refractivity contribution in [2.75, 3.05) is 18.1 Å². The zero-order valence-electron chi connectivity index (χ0n) is 27.9. The number of nitrogens with zero attached hydrogens (tertiary/aromatic N) is 2. The van der Waals surface area contributed by atoms with E-state index < -0.39 is 72.2 Å². The number of fused-ring (bicyclic) bond motifs is 1. The molecule has 49 heavy (non-hydrogen) atoms. The van der Waals surface area contributed by atoms with Crippen molar-refractivity contribution >= 4 is 56.9 Å². The molecule has 2 bridgehead atoms. The van der Waals surface area contributed by atoms with Crippen LogP contribution in [0.1, 0.15) is 50.3 Å². The monoisotopic (exact) mass is 755 g/mol. The molecule has 3 aliphatic rings. The molecule has 0 aromatic heterocycles. The Morgan fingerprint density at radius 2 is 1.90 bits per heavy atom. The second kappa shape index (κ2) is 15.2. The SMILES string of the molecule is C=CCCC(=O)N[C@@H](C)[C@H](OC(=O)[C@@H]1[C@H]2O[C@@]3(CC2Br)[C@H](C(=O)N(CC=C)c2c(C)cccc2Cl)N([C@H](C)CO)C(=O)[C@@H]13)c1ccccc1. The minimum Gasteiger partial charge on any atom is -0.455 e. The number of allylic oxidation sites excluding steroid dienone is 1. The lowest BCUT2D eigenvalue weighted by Gasteiger charge is -2.39. The van der Waals surface area contributed by atoms with E-state index in [2.05, 4.69) is 34.4 Å². The fourth-order valence-corrected chi connectivity index (χ4v) is 8.92. The molecule has 10 nitrogen and oxygen atoms in total. The first kappa shape index (κ1) is 36.8. The summed E-state index contributed by atoms with van der Waals surface area (Å²) in [7, 11) is 0. The Labute approximate surface area is 300 Å². The van der Waals surface area contributed by atoms with Crippen molar-refractivity contribution in [2.45, 2.75) is 80.8 Å². The number of para-hydroxylation sites is 1. The number of aryl methyl sites for hydroxylation is 1. The molecule has 2 N–H and O–H groups in total. The summed E-state index contributed by atoms with van der Waals surface area (Å²) in [4.78, 5) is 58.9. The zero-order chi connectivity index (χ0) is 35.6. The number of likely N-dealkylation sites (tertiary alicyclic amines) is 1. The molecule has 12 heteroatoms. The number of rotatable bonds is 14. The van der Waals surface area contributed by atoms with Crippen molar-refractivity contribution in [3.63, 3.8) is 0 Å². The first-order valence-electron chi connectivity index (χ1n) is 16.5. The van der Waals surface area contributed by atoms with Gasteiger partial charge in [-0.1, -0.05) is 82.1 Å². The number of esters is 1. The summed E-state index contributed by atoms with van der Waals surface area (Å²) in [6, 6.07) is 11.8. The molecule has 1 unspecified atom stereocenters. The number of alkyl halides is 1. The maximum atomic E-state index is 14.8. The van der Waals surface area contributed by atoms with Gasteiger partial charge in [0.1, 0.15) is 17.7 Å².